The van der Waals surface area contributed by atoms with Crippen LogP contribution in [0.1, 0.15) is 34.7 Å². The number of hydrogen-bond donors (Lipinski definition) is 0. The molecular formula is C25H25NO4S. The third kappa shape index (κ3) is 3.61. The number of hydrogen-bond acceptors (Lipinski definition) is 4. The number of para-hydroxylation sites is 1. The van der Waals surface area contributed by atoms with E-state index in [2.05, 4.69) is 6.07 Å². The number of nitrogens with zero attached hydrogens (tertiary/aromatic N) is 1. The zero-order valence-corrected chi connectivity index (χ0v) is 18.9. The molecule has 0 aromatic heterocycles. The minimum atomic E-state index is -3.94. The minimum Gasteiger partial charge on any atom is -0.469 e. The molecule has 1 heterocycles. The van der Waals surface area contributed by atoms with E-state index in [9.17, 15) is 13.2 Å². The molecular weight excluding hydrogens is 410 g/mol. The summed E-state index contributed by atoms with van der Waals surface area (Å²) in [4.78, 5) is 12.6. The molecule has 1 unspecified atom stereocenters. The van der Waals surface area contributed by atoms with E-state index >= 15 is 0 Å². The van der Waals surface area contributed by atoms with Crippen LogP contribution < -0.4 is 4.31 Å². The third-order valence-electron chi connectivity index (χ3n) is 5.74. The van der Waals surface area contributed by atoms with E-state index in [4.69, 9.17) is 4.74 Å². The van der Waals surface area contributed by atoms with Gasteiger partial charge in [0.1, 0.15) is 0 Å². The zero-order chi connectivity index (χ0) is 22.3. The van der Waals surface area contributed by atoms with Gasteiger partial charge in [0.2, 0.25) is 0 Å². The number of esters is 1. The Morgan fingerprint density at radius 1 is 0.935 bits per heavy atom. The van der Waals surface area contributed by atoms with Gasteiger partial charge in [0, 0.05) is 5.56 Å². The van der Waals surface area contributed by atoms with Gasteiger partial charge in [-0.05, 0) is 55.7 Å². The highest BCUT2D eigenvalue weighted by Gasteiger charge is 2.41. The Morgan fingerprint density at radius 3 is 2.29 bits per heavy atom. The highest BCUT2D eigenvalue weighted by atomic mass is 32.2. The lowest BCUT2D eigenvalue weighted by atomic mass is 9.84. The van der Waals surface area contributed by atoms with E-state index in [1.807, 2.05) is 45.0 Å². The number of carbonyl (C=O) groups excluding carboxylic acids is 1. The molecule has 0 N–H and O–H groups in total. The van der Waals surface area contributed by atoms with E-state index in [1.165, 1.54) is 11.4 Å². The summed E-state index contributed by atoms with van der Waals surface area (Å²) in [7, 11) is -2.62. The van der Waals surface area contributed by atoms with Crippen molar-refractivity contribution in [2.24, 2.45) is 0 Å². The summed E-state index contributed by atoms with van der Waals surface area (Å²) in [5, 5.41) is 0. The van der Waals surface area contributed by atoms with E-state index < -0.39 is 22.0 Å². The Balaban J connectivity index is 2.02. The van der Waals surface area contributed by atoms with Gasteiger partial charge < -0.3 is 4.74 Å². The second-order valence-corrected chi connectivity index (χ2v) is 9.79. The van der Waals surface area contributed by atoms with E-state index in [-0.39, 0.29) is 11.3 Å². The number of sulfonamides is 1. The van der Waals surface area contributed by atoms with Gasteiger partial charge in [-0.1, -0.05) is 53.6 Å². The van der Waals surface area contributed by atoms with Crippen LogP contribution in [0.4, 0.5) is 5.69 Å². The standard InChI is InChI=1S/C25H25NO4S/c1-16-9-11-19(12-10-16)31(28,29)26-22-8-6-5-7-20(22)21-14-17(2)13-18(3)25(21)23(26)15-24(27)30-4/h5-14,23H,15H2,1-4H3. The molecule has 5 nitrogen and oxygen atoms in total. The topological polar surface area (TPSA) is 63.7 Å². The van der Waals surface area contributed by atoms with Crippen LogP contribution in [0.15, 0.2) is 65.6 Å². The first kappa shape index (κ1) is 21.1. The van der Waals surface area contributed by atoms with Crippen molar-refractivity contribution in [1.82, 2.24) is 0 Å². The summed E-state index contributed by atoms with van der Waals surface area (Å²) in [5.41, 5.74) is 6.19. The maximum absolute atomic E-state index is 13.9. The first-order chi connectivity index (χ1) is 14.7. The van der Waals surface area contributed by atoms with Crippen LogP contribution in [-0.2, 0) is 19.6 Å². The first-order valence-corrected chi connectivity index (χ1v) is 11.6. The van der Waals surface area contributed by atoms with Crippen molar-refractivity contribution in [3.63, 3.8) is 0 Å². The van der Waals surface area contributed by atoms with Gasteiger partial charge in [-0.25, -0.2) is 8.42 Å². The van der Waals surface area contributed by atoms with Crippen LogP contribution >= 0.6 is 0 Å². The van der Waals surface area contributed by atoms with Gasteiger partial charge in [0.25, 0.3) is 10.0 Å². The average molecular weight is 436 g/mol. The van der Waals surface area contributed by atoms with Crippen molar-refractivity contribution in [1.29, 1.82) is 0 Å². The van der Waals surface area contributed by atoms with Crippen molar-refractivity contribution < 1.29 is 17.9 Å². The molecule has 4 rings (SSSR count). The van der Waals surface area contributed by atoms with Crippen LogP contribution in [0, 0.1) is 20.8 Å². The van der Waals surface area contributed by atoms with Crippen molar-refractivity contribution in [3.8, 4) is 11.1 Å². The number of rotatable bonds is 4. The SMILES string of the molecule is COC(=O)CC1c2c(C)cc(C)cc2-c2ccccc2N1S(=O)(=O)c1ccc(C)cc1. The van der Waals surface area contributed by atoms with E-state index in [0.717, 1.165) is 33.4 Å². The summed E-state index contributed by atoms with van der Waals surface area (Å²) >= 11 is 0. The molecule has 0 bridgehead atoms. The number of fused-ring (bicyclic) bond motifs is 3. The Kier molecular flexibility index (Phi) is 5.35. The number of methoxy groups -OCH3 is 1. The predicted molar refractivity (Wildman–Crippen MR) is 122 cm³/mol. The van der Waals surface area contributed by atoms with E-state index in [1.54, 1.807) is 30.3 Å². The predicted octanol–water partition coefficient (Wildman–Crippen LogP) is 5.09. The molecule has 0 radical (unpaired) electrons. The average Bonchev–Trinajstić information content (AvgIpc) is 2.73. The number of aryl methyl sites for hydroxylation is 3. The van der Waals surface area contributed by atoms with Gasteiger partial charge in [0.05, 0.1) is 30.2 Å². The lowest BCUT2D eigenvalue weighted by Gasteiger charge is -2.39. The van der Waals surface area contributed by atoms with Gasteiger partial charge >= 0.3 is 5.97 Å². The summed E-state index contributed by atoms with van der Waals surface area (Å²) in [5.74, 6) is -0.459. The smallest absolute Gasteiger partial charge is 0.307 e. The highest BCUT2D eigenvalue weighted by Crippen LogP contribution is 2.49. The Hall–Kier alpha value is -3.12. The molecule has 160 valence electrons. The van der Waals surface area contributed by atoms with Crippen molar-refractivity contribution >= 4 is 21.7 Å². The summed E-state index contributed by atoms with van der Waals surface area (Å²) in [6.07, 6.45) is -0.0766. The molecule has 31 heavy (non-hydrogen) atoms. The first-order valence-electron chi connectivity index (χ1n) is 10.1. The van der Waals surface area contributed by atoms with Crippen LogP contribution in [0.3, 0.4) is 0 Å². The molecule has 1 aliphatic heterocycles. The van der Waals surface area contributed by atoms with Crippen LogP contribution in [-0.4, -0.2) is 21.5 Å². The maximum atomic E-state index is 13.9. The third-order valence-corrected chi connectivity index (χ3v) is 7.58. The number of benzene rings is 3. The molecule has 0 saturated heterocycles. The summed E-state index contributed by atoms with van der Waals surface area (Å²) in [6.45, 7) is 5.88. The molecule has 0 saturated carbocycles. The van der Waals surface area contributed by atoms with E-state index in [0.29, 0.717) is 5.69 Å². The number of carbonyl (C=O) groups is 1. The Bertz CT molecular complexity index is 1260. The molecule has 3 aromatic carbocycles. The van der Waals surface area contributed by atoms with Crippen LogP contribution in [0.2, 0.25) is 0 Å². The molecule has 0 amide bonds. The second kappa shape index (κ2) is 7.85. The van der Waals surface area contributed by atoms with Crippen LogP contribution in [0.25, 0.3) is 11.1 Å². The molecule has 3 aromatic rings. The van der Waals surface area contributed by atoms with Crippen LogP contribution in [0.5, 0.6) is 0 Å². The zero-order valence-electron chi connectivity index (χ0n) is 18.0. The van der Waals surface area contributed by atoms with Crippen molar-refractivity contribution in [2.75, 3.05) is 11.4 Å². The minimum absolute atomic E-state index is 0.0766. The van der Waals surface area contributed by atoms with Crippen molar-refractivity contribution in [3.05, 3.63) is 82.9 Å². The molecule has 6 heteroatoms. The lowest BCUT2D eigenvalue weighted by Crippen LogP contribution is -2.39. The van der Waals surface area contributed by atoms with Gasteiger partial charge in [-0.2, -0.15) is 0 Å². The molecule has 1 atom stereocenters. The summed E-state index contributed by atoms with van der Waals surface area (Å²) < 4.78 is 34.1. The monoisotopic (exact) mass is 435 g/mol. The molecule has 0 spiro atoms. The van der Waals surface area contributed by atoms with Gasteiger partial charge in [-0.15, -0.1) is 0 Å². The fourth-order valence-electron chi connectivity index (χ4n) is 4.37. The Morgan fingerprint density at radius 2 is 1.61 bits per heavy atom. The largest absolute Gasteiger partial charge is 0.469 e. The highest BCUT2D eigenvalue weighted by molar-refractivity contribution is 7.92. The van der Waals surface area contributed by atoms with Gasteiger partial charge in [0.15, 0.2) is 0 Å². The molecule has 0 aliphatic carbocycles. The fraction of sp³-hybridized carbons (Fsp3) is 0.240. The number of ether oxygens (including phenoxy) is 1. The lowest BCUT2D eigenvalue weighted by molar-refractivity contribution is -0.141. The summed E-state index contributed by atoms with van der Waals surface area (Å²) in [6, 6.07) is 17.6. The van der Waals surface area contributed by atoms with Gasteiger partial charge in [-0.3, -0.25) is 9.10 Å². The second-order valence-electron chi connectivity index (χ2n) is 7.97. The quantitative estimate of drug-likeness (QED) is 0.536. The fourth-order valence-corrected chi connectivity index (χ4v) is 6.01. The number of anilines is 1. The van der Waals surface area contributed by atoms with Crippen molar-refractivity contribution in [2.45, 2.75) is 38.1 Å². The Labute approximate surface area is 183 Å². The maximum Gasteiger partial charge on any atom is 0.307 e. The normalized spacial score (nSPS) is 15.2. The molecule has 1 aliphatic rings. The molecule has 0 fully saturated rings.